The third-order valence-electron chi connectivity index (χ3n) is 5.05. The number of rotatable bonds is 5. The van der Waals surface area contributed by atoms with E-state index < -0.39 is 83.4 Å². The quantitative estimate of drug-likeness (QED) is 0.491. The molecule has 2 aromatic carbocycles. The maximum Gasteiger partial charge on any atom is 0.417 e. The Kier molecular flexibility index (Phi) is 7.22. The van der Waals surface area contributed by atoms with Gasteiger partial charge in [0.05, 0.1) is 12.2 Å². The highest BCUT2D eigenvalue weighted by Gasteiger charge is 2.46. The molecule has 180 valence electrons. The van der Waals surface area contributed by atoms with Gasteiger partial charge in [-0.05, 0) is 18.2 Å². The lowest BCUT2D eigenvalue weighted by atomic mass is 9.96. The zero-order chi connectivity index (χ0) is 24.5. The number of amides is 1. The topological polar surface area (TPSA) is 108 Å². The van der Waals surface area contributed by atoms with Crippen LogP contribution in [0, 0.1) is 11.6 Å². The minimum atomic E-state index is -4.98. The van der Waals surface area contributed by atoms with Crippen LogP contribution >= 0.6 is 0 Å². The zero-order valence-corrected chi connectivity index (χ0v) is 17.0. The molecular weight excluding hydrogens is 457 g/mol. The number of aliphatic hydroxyl groups excluding tert-OH is 3. The molecule has 0 spiro atoms. The minimum absolute atomic E-state index is 0.602. The maximum atomic E-state index is 14.5. The second-order valence-corrected chi connectivity index (χ2v) is 7.33. The summed E-state index contributed by atoms with van der Waals surface area (Å²) < 4.78 is 80.4. The number of carbonyl (C=O) groups excluding carboxylic acids is 1. The smallest absolute Gasteiger partial charge is 0.417 e. The van der Waals surface area contributed by atoms with Crippen LogP contribution in [0.3, 0.4) is 0 Å². The standard InChI is InChI=1S/C21H20F5NO6/c1-9(29)27-17-19(31)18(30)14(8-28)33-20(17)32-13-7-3-5-11(21(24,25)26)15(13)10-4-2-6-12(22)16(10)23/h2-7,14,17-20,28,30-31H,8H2,1H3,(H,27,29)/t14-,17-,18+,19-,20-/m1/s1. The summed E-state index contributed by atoms with van der Waals surface area (Å²) in [7, 11) is 0. The van der Waals surface area contributed by atoms with E-state index in [1.807, 2.05) is 0 Å². The van der Waals surface area contributed by atoms with Gasteiger partial charge in [-0.15, -0.1) is 0 Å². The molecule has 3 rings (SSSR count). The first-order valence-corrected chi connectivity index (χ1v) is 9.66. The van der Waals surface area contributed by atoms with Crippen molar-refractivity contribution in [3.05, 3.63) is 53.6 Å². The molecule has 2 aromatic rings. The van der Waals surface area contributed by atoms with E-state index in [9.17, 15) is 42.1 Å². The summed E-state index contributed by atoms with van der Waals surface area (Å²) in [6, 6.07) is 3.85. The predicted octanol–water partition coefficient (Wildman–Crippen LogP) is 1.97. The fourth-order valence-corrected chi connectivity index (χ4v) is 3.54. The van der Waals surface area contributed by atoms with E-state index in [1.165, 1.54) is 0 Å². The van der Waals surface area contributed by atoms with Crippen LogP contribution in [0.1, 0.15) is 12.5 Å². The van der Waals surface area contributed by atoms with Crippen LogP contribution in [-0.4, -0.2) is 58.5 Å². The molecular formula is C21H20F5NO6. The van der Waals surface area contributed by atoms with Crippen LogP contribution in [0.4, 0.5) is 22.0 Å². The lowest BCUT2D eigenvalue weighted by Crippen LogP contribution is -2.65. The van der Waals surface area contributed by atoms with E-state index in [0.717, 1.165) is 37.3 Å². The SMILES string of the molecule is CC(=O)N[C@H]1[C@H](Oc2cccc(C(F)(F)F)c2-c2cccc(F)c2F)O[C@H](CO)[C@H](O)[C@@H]1O. The molecule has 1 aliphatic heterocycles. The summed E-state index contributed by atoms with van der Waals surface area (Å²) in [5.41, 5.74) is -2.92. The number of hydrogen-bond donors (Lipinski definition) is 4. The van der Waals surface area contributed by atoms with Gasteiger partial charge in [-0.25, -0.2) is 8.78 Å². The highest BCUT2D eigenvalue weighted by atomic mass is 19.4. The number of halogens is 5. The number of hydrogen-bond acceptors (Lipinski definition) is 6. The van der Waals surface area contributed by atoms with E-state index in [4.69, 9.17) is 9.47 Å². The molecule has 1 fully saturated rings. The predicted molar refractivity (Wildman–Crippen MR) is 103 cm³/mol. The first kappa shape index (κ1) is 24.8. The van der Waals surface area contributed by atoms with E-state index in [2.05, 4.69) is 5.32 Å². The van der Waals surface area contributed by atoms with Gasteiger partial charge in [0.25, 0.3) is 0 Å². The van der Waals surface area contributed by atoms with Crippen molar-refractivity contribution in [1.82, 2.24) is 5.32 Å². The molecule has 1 saturated heterocycles. The summed E-state index contributed by atoms with van der Waals surface area (Å²) in [6.45, 7) is 0.283. The average molecular weight is 477 g/mol. The fraction of sp³-hybridized carbons (Fsp3) is 0.381. The minimum Gasteiger partial charge on any atom is -0.462 e. The Hall–Kier alpha value is -2.80. The summed E-state index contributed by atoms with van der Waals surface area (Å²) in [4.78, 5) is 11.6. The van der Waals surface area contributed by atoms with Crippen LogP contribution in [-0.2, 0) is 15.7 Å². The summed E-state index contributed by atoms with van der Waals surface area (Å²) in [5.74, 6) is -4.23. The number of ether oxygens (including phenoxy) is 2. The van der Waals surface area contributed by atoms with Gasteiger partial charge in [-0.2, -0.15) is 13.2 Å². The summed E-state index contributed by atoms with van der Waals surface area (Å²) in [5, 5.41) is 32.1. The van der Waals surface area contributed by atoms with Crippen LogP contribution in [0.2, 0.25) is 0 Å². The zero-order valence-electron chi connectivity index (χ0n) is 17.0. The molecule has 12 heteroatoms. The molecule has 1 aliphatic rings. The molecule has 7 nitrogen and oxygen atoms in total. The summed E-state index contributed by atoms with van der Waals surface area (Å²) in [6.07, 6.45) is -11.5. The first-order valence-electron chi connectivity index (χ1n) is 9.66. The van der Waals surface area contributed by atoms with Gasteiger partial charge in [0.2, 0.25) is 12.2 Å². The van der Waals surface area contributed by atoms with Gasteiger partial charge < -0.3 is 30.1 Å². The van der Waals surface area contributed by atoms with Crippen LogP contribution in [0.25, 0.3) is 11.1 Å². The van der Waals surface area contributed by atoms with Crippen LogP contribution in [0.15, 0.2) is 36.4 Å². The summed E-state index contributed by atoms with van der Waals surface area (Å²) >= 11 is 0. The highest BCUT2D eigenvalue weighted by molar-refractivity contribution is 5.75. The van der Waals surface area contributed by atoms with Crippen molar-refractivity contribution in [3.8, 4) is 16.9 Å². The molecule has 1 amide bonds. The Balaban J connectivity index is 2.14. The molecule has 0 bridgehead atoms. The second kappa shape index (κ2) is 9.59. The third-order valence-corrected chi connectivity index (χ3v) is 5.05. The van der Waals surface area contributed by atoms with Crippen molar-refractivity contribution in [3.63, 3.8) is 0 Å². The number of aliphatic hydroxyl groups is 3. The number of nitrogens with one attached hydrogen (secondary N) is 1. The highest BCUT2D eigenvalue weighted by Crippen LogP contribution is 2.44. The van der Waals surface area contributed by atoms with E-state index in [0.29, 0.717) is 6.07 Å². The Labute approximate surface area is 184 Å². The van der Waals surface area contributed by atoms with Gasteiger partial charge in [0, 0.05) is 18.1 Å². The maximum absolute atomic E-state index is 14.5. The van der Waals surface area contributed by atoms with Gasteiger partial charge in [-0.1, -0.05) is 18.2 Å². The van der Waals surface area contributed by atoms with Crippen molar-refractivity contribution in [1.29, 1.82) is 0 Å². The van der Waals surface area contributed by atoms with E-state index in [-0.39, 0.29) is 0 Å². The first-order chi connectivity index (χ1) is 15.5. The monoisotopic (exact) mass is 477 g/mol. The molecule has 0 radical (unpaired) electrons. The van der Waals surface area contributed by atoms with E-state index in [1.54, 1.807) is 0 Å². The Morgan fingerprint density at radius 2 is 1.79 bits per heavy atom. The lowest BCUT2D eigenvalue weighted by Gasteiger charge is -2.42. The average Bonchev–Trinajstić information content (AvgIpc) is 2.74. The van der Waals surface area contributed by atoms with E-state index >= 15 is 0 Å². The van der Waals surface area contributed by atoms with Crippen molar-refractivity contribution < 1.29 is 51.5 Å². The Morgan fingerprint density at radius 3 is 2.39 bits per heavy atom. The second-order valence-electron chi connectivity index (χ2n) is 7.33. The molecule has 0 unspecified atom stereocenters. The molecule has 0 saturated carbocycles. The van der Waals surface area contributed by atoms with Crippen LogP contribution < -0.4 is 10.1 Å². The molecule has 5 atom stereocenters. The van der Waals surface area contributed by atoms with Crippen molar-refractivity contribution in [2.24, 2.45) is 0 Å². The Bertz CT molecular complexity index is 1020. The van der Waals surface area contributed by atoms with Gasteiger partial charge in [0.15, 0.2) is 11.6 Å². The molecule has 33 heavy (non-hydrogen) atoms. The number of alkyl halides is 3. The normalized spacial score (nSPS) is 25.5. The van der Waals surface area contributed by atoms with Crippen LogP contribution in [0.5, 0.6) is 5.75 Å². The number of carbonyl (C=O) groups is 1. The lowest BCUT2D eigenvalue weighted by molar-refractivity contribution is -0.244. The fourth-order valence-electron chi connectivity index (χ4n) is 3.54. The third kappa shape index (κ3) is 5.08. The largest absolute Gasteiger partial charge is 0.462 e. The van der Waals surface area contributed by atoms with Gasteiger partial charge in [-0.3, -0.25) is 4.79 Å². The Morgan fingerprint density at radius 1 is 1.12 bits per heavy atom. The molecule has 4 N–H and O–H groups in total. The molecule has 0 aromatic heterocycles. The van der Waals surface area contributed by atoms with Gasteiger partial charge in [0.1, 0.15) is 30.1 Å². The van der Waals surface area contributed by atoms with Crippen molar-refractivity contribution >= 4 is 5.91 Å². The number of benzene rings is 2. The molecule has 1 heterocycles. The molecule has 0 aliphatic carbocycles. The van der Waals surface area contributed by atoms with Crippen molar-refractivity contribution in [2.45, 2.75) is 43.7 Å². The van der Waals surface area contributed by atoms with Gasteiger partial charge >= 0.3 is 6.18 Å². The van der Waals surface area contributed by atoms with Crippen molar-refractivity contribution in [2.75, 3.05) is 6.61 Å².